The topological polar surface area (TPSA) is 148 Å². The summed E-state index contributed by atoms with van der Waals surface area (Å²) in [6.07, 6.45) is -0.0953. The first kappa shape index (κ1) is 34.6. The number of alkyl halides is 6. The van der Waals surface area contributed by atoms with Crippen LogP contribution in [0.2, 0.25) is 0 Å². The molecular formula is C21H29F6N3O7S2. The van der Waals surface area contributed by atoms with Crippen LogP contribution in [0.3, 0.4) is 0 Å². The molecule has 1 aromatic rings. The van der Waals surface area contributed by atoms with Crippen molar-refractivity contribution in [2.45, 2.75) is 62.0 Å². The van der Waals surface area contributed by atoms with Crippen LogP contribution < -0.4 is 14.8 Å². The van der Waals surface area contributed by atoms with Gasteiger partial charge in [-0.3, -0.25) is 9.59 Å². The van der Waals surface area contributed by atoms with E-state index in [1.54, 1.807) is 30.3 Å². The third-order valence-electron chi connectivity index (χ3n) is 4.97. The summed E-state index contributed by atoms with van der Waals surface area (Å²) in [7, 11) is -10.9. The van der Waals surface area contributed by atoms with E-state index in [9.17, 15) is 52.8 Å². The average Bonchev–Trinajstić information content (AvgIpc) is 2.81. The van der Waals surface area contributed by atoms with Crippen molar-refractivity contribution in [1.29, 1.82) is 0 Å². The summed E-state index contributed by atoms with van der Waals surface area (Å²) in [5.41, 5.74) is -10.1. The summed E-state index contributed by atoms with van der Waals surface area (Å²) in [6, 6.07) is 8.08. The molecule has 0 radical (unpaired) electrons. The highest BCUT2D eigenvalue weighted by atomic mass is 32.2. The van der Waals surface area contributed by atoms with Gasteiger partial charge in [-0.1, -0.05) is 30.3 Å². The molecule has 0 spiro atoms. The van der Waals surface area contributed by atoms with Crippen LogP contribution in [0.5, 0.6) is 0 Å². The van der Waals surface area contributed by atoms with E-state index in [0.29, 0.717) is 0 Å². The first-order chi connectivity index (χ1) is 17.9. The van der Waals surface area contributed by atoms with Gasteiger partial charge in [0.1, 0.15) is 6.61 Å². The minimum atomic E-state index is -5.47. The molecule has 0 heterocycles. The van der Waals surface area contributed by atoms with Crippen LogP contribution in [-0.2, 0) is 40.8 Å². The zero-order valence-electron chi connectivity index (χ0n) is 20.5. The van der Waals surface area contributed by atoms with Crippen molar-refractivity contribution in [3.8, 4) is 0 Å². The van der Waals surface area contributed by atoms with Gasteiger partial charge in [0, 0.05) is 25.9 Å². The predicted molar refractivity (Wildman–Crippen MR) is 127 cm³/mol. The van der Waals surface area contributed by atoms with Crippen molar-refractivity contribution >= 4 is 31.9 Å². The molecule has 18 heteroatoms. The second kappa shape index (κ2) is 15.4. The van der Waals surface area contributed by atoms with Crippen molar-refractivity contribution in [3.05, 3.63) is 35.9 Å². The second-order valence-corrected chi connectivity index (χ2v) is 11.8. The SMILES string of the molecule is O=C(CCCCNS(=O)(=O)C(F)(F)F)N[C@H](COC(=O)CCCCNS(=O)(=O)C(F)(F)F)Cc1ccccc1. The normalized spacial score (nSPS) is 13.6. The van der Waals surface area contributed by atoms with Gasteiger partial charge in [-0.2, -0.15) is 26.3 Å². The van der Waals surface area contributed by atoms with E-state index in [4.69, 9.17) is 4.74 Å². The molecule has 10 nitrogen and oxygen atoms in total. The highest BCUT2D eigenvalue weighted by Gasteiger charge is 2.46. The molecule has 224 valence electrons. The van der Waals surface area contributed by atoms with Crippen molar-refractivity contribution in [2.24, 2.45) is 0 Å². The number of nitrogens with one attached hydrogen (secondary N) is 3. The van der Waals surface area contributed by atoms with Crippen LogP contribution >= 0.6 is 0 Å². The summed E-state index contributed by atoms with van der Waals surface area (Å²) in [4.78, 5) is 24.3. The molecule has 0 aromatic heterocycles. The molecule has 0 bridgehead atoms. The molecule has 1 aromatic carbocycles. The molecule has 0 saturated heterocycles. The first-order valence-corrected chi connectivity index (χ1v) is 14.5. The number of carbonyl (C=O) groups is 2. The van der Waals surface area contributed by atoms with E-state index in [1.165, 1.54) is 9.44 Å². The number of amides is 1. The molecule has 0 aliphatic rings. The number of ether oxygens (including phenoxy) is 1. The van der Waals surface area contributed by atoms with E-state index >= 15 is 0 Å². The quantitative estimate of drug-likeness (QED) is 0.139. The standard InChI is InChI=1S/C21H29F6N3O7S2/c22-20(23,24)38(33,34)28-12-6-4-10-18(31)30-17(14-16-8-2-1-3-9-16)15-37-19(32)11-5-7-13-29-39(35,36)21(25,26)27/h1-3,8-9,17,28-29H,4-7,10-15H2,(H,30,31)/t17-/m0/s1. The fraction of sp³-hybridized carbons (Fsp3) is 0.619. The molecule has 1 rings (SSSR count). The van der Waals surface area contributed by atoms with Crippen LogP contribution in [0.1, 0.15) is 44.1 Å². The third kappa shape index (κ3) is 13.5. The number of hydrogen-bond donors (Lipinski definition) is 3. The zero-order chi connectivity index (χ0) is 29.7. The Kier molecular flexibility index (Phi) is 13.6. The Morgan fingerprint density at radius 1 is 0.769 bits per heavy atom. The number of carbonyl (C=O) groups excluding carboxylic acids is 2. The minimum Gasteiger partial charge on any atom is -0.463 e. The van der Waals surface area contributed by atoms with Gasteiger partial charge in [0.15, 0.2) is 0 Å². The molecule has 0 saturated carbocycles. The van der Waals surface area contributed by atoms with E-state index in [-0.39, 0.29) is 51.6 Å². The summed E-state index contributed by atoms with van der Waals surface area (Å²) < 4.78 is 125. The lowest BCUT2D eigenvalue weighted by atomic mass is 10.1. The number of benzene rings is 1. The Hall–Kier alpha value is -2.44. The highest BCUT2D eigenvalue weighted by molar-refractivity contribution is 7.90. The summed E-state index contributed by atoms with van der Waals surface area (Å²) in [5.74, 6) is -1.24. The van der Waals surface area contributed by atoms with Crippen LogP contribution in [0.15, 0.2) is 30.3 Å². The summed E-state index contributed by atoms with van der Waals surface area (Å²) in [6.45, 7) is -1.30. The molecule has 3 N–H and O–H groups in total. The van der Waals surface area contributed by atoms with Crippen LogP contribution in [0, 0.1) is 0 Å². The average molecular weight is 614 g/mol. The van der Waals surface area contributed by atoms with E-state index in [2.05, 4.69) is 5.32 Å². The maximum atomic E-state index is 12.3. The fourth-order valence-corrected chi connectivity index (χ4v) is 4.15. The van der Waals surface area contributed by atoms with Crippen LogP contribution in [-0.4, -0.2) is 65.5 Å². The fourth-order valence-electron chi connectivity index (χ4n) is 3.00. The Bertz CT molecular complexity index is 1130. The van der Waals surface area contributed by atoms with Gasteiger partial charge in [-0.25, -0.2) is 26.3 Å². The zero-order valence-corrected chi connectivity index (χ0v) is 22.1. The molecule has 1 amide bonds. The van der Waals surface area contributed by atoms with E-state index < -0.39 is 62.1 Å². The van der Waals surface area contributed by atoms with E-state index in [1.807, 2.05) is 0 Å². The van der Waals surface area contributed by atoms with Crippen molar-refractivity contribution in [2.75, 3.05) is 19.7 Å². The van der Waals surface area contributed by atoms with Crippen LogP contribution in [0.4, 0.5) is 26.3 Å². The summed E-state index contributed by atoms with van der Waals surface area (Å²) >= 11 is 0. The van der Waals surface area contributed by atoms with Gasteiger partial charge in [0.25, 0.3) is 0 Å². The highest BCUT2D eigenvalue weighted by Crippen LogP contribution is 2.22. The lowest BCUT2D eigenvalue weighted by molar-refractivity contribution is -0.145. The van der Waals surface area contributed by atoms with Gasteiger partial charge < -0.3 is 10.1 Å². The minimum absolute atomic E-state index is 0.0347. The first-order valence-electron chi connectivity index (χ1n) is 11.6. The lowest BCUT2D eigenvalue weighted by Crippen LogP contribution is -2.40. The third-order valence-corrected chi connectivity index (χ3v) is 7.35. The van der Waals surface area contributed by atoms with E-state index in [0.717, 1.165) is 5.56 Å². The molecule has 0 aliphatic carbocycles. The monoisotopic (exact) mass is 613 g/mol. The van der Waals surface area contributed by atoms with Gasteiger partial charge in [-0.05, 0) is 37.7 Å². The molecule has 0 aliphatic heterocycles. The maximum absolute atomic E-state index is 12.3. The van der Waals surface area contributed by atoms with Crippen molar-refractivity contribution < 1.29 is 57.5 Å². The number of esters is 1. The van der Waals surface area contributed by atoms with Gasteiger partial charge in [0.2, 0.25) is 5.91 Å². The van der Waals surface area contributed by atoms with Crippen molar-refractivity contribution in [1.82, 2.24) is 14.8 Å². The molecule has 0 fully saturated rings. The number of hydrogen-bond acceptors (Lipinski definition) is 7. The lowest BCUT2D eigenvalue weighted by Gasteiger charge is -2.19. The molecule has 39 heavy (non-hydrogen) atoms. The Balaban J connectivity index is 2.48. The number of halogens is 6. The van der Waals surface area contributed by atoms with Gasteiger partial charge in [-0.15, -0.1) is 0 Å². The Morgan fingerprint density at radius 2 is 1.26 bits per heavy atom. The van der Waals surface area contributed by atoms with Gasteiger partial charge in [0.05, 0.1) is 6.04 Å². The number of sulfonamides is 2. The Morgan fingerprint density at radius 3 is 1.74 bits per heavy atom. The predicted octanol–water partition coefficient (Wildman–Crippen LogP) is 2.48. The van der Waals surface area contributed by atoms with Gasteiger partial charge >= 0.3 is 37.0 Å². The largest absolute Gasteiger partial charge is 0.511 e. The second-order valence-electron chi connectivity index (χ2n) is 8.24. The maximum Gasteiger partial charge on any atom is 0.511 e. The molecule has 0 unspecified atom stereocenters. The smallest absolute Gasteiger partial charge is 0.463 e. The summed E-state index contributed by atoms with van der Waals surface area (Å²) in [5, 5.41) is 2.64. The molecule has 1 atom stereocenters. The Labute approximate surface area is 222 Å². The number of unbranched alkanes of at least 4 members (excludes halogenated alkanes) is 2. The van der Waals surface area contributed by atoms with Crippen molar-refractivity contribution in [3.63, 3.8) is 0 Å². The number of rotatable bonds is 17. The molecular weight excluding hydrogens is 584 g/mol. The van der Waals surface area contributed by atoms with Crippen LogP contribution in [0.25, 0.3) is 0 Å².